The molecule has 1 amide bonds. The van der Waals surface area contributed by atoms with E-state index in [9.17, 15) is 18.4 Å². The van der Waals surface area contributed by atoms with Crippen LogP contribution >= 0.6 is 0 Å². The molecule has 8 nitrogen and oxygen atoms in total. The quantitative estimate of drug-likeness (QED) is 0.265. The van der Waals surface area contributed by atoms with Crippen LogP contribution in [0.4, 0.5) is 14.5 Å². The lowest BCUT2D eigenvalue weighted by atomic mass is 9.92. The largest absolute Gasteiger partial charge is 0.463 e. The molecule has 2 aliphatic rings. The molecule has 2 fully saturated rings. The molecule has 1 aliphatic heterocycles. The van der Waals surface area contributed by atoms with Crippen LogP contribution in [-0.2, 0) is 14.3 Å². The number of fused-ring (bicyclic) bond motifs is 1. The highest BCUT2D eigenvalue weighted by Crippen LogP contribution is 2.42. The third-order valence-corrected chi connectivity index (χ3v) is 8.07. The monoisotopic (exact) mass is 548 g/mol. The first-order valence-electron chi connectivity index (χ1n) is 13.6. The minimum Gasteiger partial charge on any atom is -0.463 e. The van der Waals surface area contributed by atoms with Gasteiger partial charge in [0.25, 0.3) is 0 Å². The second-order valence-electron chi connectivity index (χ2n) is 10.7. The molecular formula is C30H30F2N4O4. The van der Waals surface area contributed by atoms with Gasteiger partial charge in [0.05, 0.1) is 22.8 Å². The highest BCUT2D eigenvalue weighted by molar-refractivity contribution is 5.96. The van der Waals surface area contributed by atoms with Crippen LogP contribution in [0, 0.1) is 25.5 Å². The van der Waals surface area contributed by atoms with Crippen LogP contribution in [0.3, 0.4) is 0 Å². The molecule has 2 aromatic carbocycles. The number of nitrogens with zero attached hydrogens (tertiary/aromatic N) is 4. The number of aromatic nitrogens is 3. The number of carbonyl (C=O) groups excluding carboxylic acids is 2. The summed E-state index contributed by atoms with van der Waals surface area (Å²) >= 11 is 0. The number of hydrogen-bond acceptors (Lipinski definition) is 6. The Bertz CT molecular complexity index is 1600. The molecule has 208 valence electrons. The van der Waals surface area contributed by atoms with Gasteiger partial charge in [0, 0.05) is 36.7 Å². The van der Waals surface area contributed by atoms with Gasteiger partial charge in [-0.2, -0.15) is 0 Å². The summed E-state index contributed by atoms with van der Waals surface area (Å²) in [6, 6.07) is 9.23. The predicted octanol–water partition coefficient (Wildman–Crippen LogP) is 6.50. The van der Waals surface area contributed by atoms with Crippen molar-refractivity contribution in [3.63, 3.8) is 0 Å². The fourth-order valence-corrected chi connectivity index (χ4v) is 6.33. The van der Waals surface area contributed by atoms with E-state index in [2.05, 4.69) is 9.72 Å². The van der Waals surface area contributed by atoms with Gasteiger partial charge in [-0.3, -0.25) is 9.59 Å². The Morgan fingerprint density at radius 1 is 1.02 bits per heavy atom. The van der Waals surface area contributed by atoms with Crippen LogP contribution in [0.15, 0.2) is 40.9 Å². The topological polar surface area (TPSA) is 90.5 Å². The van der Waals surface area contributed by atoms with Crippen LogP contribution in [0.1, 0.15) is 74.8 Å². The van der Waals surface area contributed by atoms with Gasteiger partial charge in [-0.15, -0.1) is 0 Å². The fourth-order valence-electron chi connectivity index (χ4n) is 6.33. The number of halogens is 2. The van der Waals surface area contributed by atoms with E-state index in [0.29, 0.717) is 23.7 Å². The SMILES string of the molecule is CC(=O)OC1CCC(n2c(C3CCC(=O)N3c3ccc(F)c(F)c3)nc3cc(-c4c(C)noc4C)ccc32)CC1. The van der Waals surface area contributed by atoms with E-state index in [1.807, 2.05) is 32.0 Å². The molecule has 10 heteroatoms. The van der Waals surface area contributed by atoms with Crippen LogP contribution in [0.5, 0.6) is 0 Å². The maximum absolute atomic E-state index is 14.2. The fraction of sp³-hybridized carbons (Fsp3) is 0.400. The summed E-state index contributed by atoms with van der Waals surface area (Å²) in [5, 5.41) is 4.09. The average molecular weight is 549 g/mol. The molecule has 40 heavy (non-hydrogen) atoms. The maximum atomic E-state index is 14.2. The van der Waals surface area contributed by atoms with Crippen molar-refractivity contribution in [3.05, 3.63) is 65.3 Å². The van der Waals surface area contributed by atoms with Gasteiger partial charge in [0.2, 0.25) is 5.91 Å². The van der Waals surface area contributed by atoms with Gasteiger partial charge < -0.3 is 18.7 Å². The van der Waals surface area contributed by atoms with Gasteiger partial charge in [0.1, 0.15) is 17.7 Å². The summed E-state index contributed by atoms with van der Waals surface area (Å²) in [6.45, 7) is 5.19. The zero-order chi connectivity index (χ0) is 28.1. The van der Waals surface area contributed by atoms with Crippen molar-refractivity contribution < 1.29 is 27.6 Å². The molecule has 6 rings (SSSR count). The van der Waals surface area contributed by atoms with Gasteiger partial charge in [-0.05, 0) is 75.8 Å². The predicted molar refractivity (Wildman–Crippen MR) is 144 cm³/mol. The molecule has 0 spiro atoms. The highest BCUT2D eigenvalue weighted by Gasteiger charge is 2.39. The Labute approximate surface area is 229 Å². The number of rotatable bonds is 5. The Morgan fingerprint density at radius 3 is 2.48 bits per heavy atom. The molecule has 0 N–H and O–H groups in total. The van der Waals surface area contributed by atoms with E-state index in [1.165, 1.54) is 13.0 Å². The minimum absolute atomic E-state index is 0.0687. The van der Waals surface area contributed by atoms with Crippen molar-refractivity contribution in [1.82, 2.24) is 14.7 Å². The normalized spacial score (nSPS) is 21.4. The van der Waals surface area contributed by atoms with Crippen molar-refractivity contribution in [2.45, 2.75) is 77.5 Å². The smallest absolute Gasteiger partial charge is 0.302 e. The van der Waals surface area contributed by atoms with Crippen LogP contribution in [0.2, 0.25) is 0 Å². The molecule has 1 atom stereocenters. The van der Waals surface area contributed by atoms with E-state index in [1.54, 1.807) is 4.90 Å². The molecule has 1 unspecified atom stereocenters. The molecule has 0 radical (unpaired) electrons. The van der Waals surface area contributed by atoms with E-state index >= 15 is 0 Å². The molecule has 2 aromatic heterocycles. The van der Waals surface area contributed by atoms with Crippen molar-refractivity contribution in [2.75, 3.05) is 4.90 Å². The minimum atomic E-state index is -1.00. The summed E-state index contributed by atoms with van der Waals surface area (Å²) < 4.78 is 41.0. The summed E-state index contributed by atoms with van der Waals surface area (Å²) in [7, 11) is 0. The molecule has 1 saturated carbocycles. The third kappa shape index (κ3) is 4.55. The van der Waals surface area contributed by atoms with E-state index in [4.69, 9.17) is 14.2 Å². The number of benzene rings is 2. The number of esters is 1. The van der Waals surface area contributed by atoms with Gasteiger partial charge in [0.15, 0.2) is 11.6 Å². The molecule has 1 aliphatic carbocycles. The summed E-state index contributed by atoms with van der Waals surface area (Å²) in [4.78, 5) is 31.2. The molecule has 1 saturated heterocycles. The van der Waals surface area contributed by atoms with Crippen LogP contribution in [0.25, 0.3) is 22.2 Å². The summed E-state index contributed by atoms with van der Waals surface area (Å²) in [6.07, 6.45) is 3.64. The van der Waals surface area contributed by atoms with Crippen molar-refractivity contribution in [3.8, 4) is 11.1 Å². The lowest BCUT2D eigenvalue weighted by molar-refractivity contribution is -0.148. The van der Waals surface area contributed by atoms with Crippen molar-refractivity contribution in [1.29, 1.82) is 0 Å². The zero-order valence-corrected chi connectivity index (χ0v) is 22.6. The van der Waals surface area contributed by atoms with Crippen molar-refractivity contribution in [2.24, 2.45) is 0 Å². The molecular weight excluding hydrogens is 518 g/mol. The zero-order valence-electron chi connectivity index (χ0n) is 22.6. The Kier molecular flexibility index (Phi) is 6.64. The Morgan fingerprint density at radius 2 is 1.80 bits per heavy atom. The highest BCUT2D eigenvalue weighted by atomic mass is 19.2. The summed E-state index contributed by atoms with van der Waals surface area (Å²) in [5.41, 5.74) is 4.62. The van der Waals surface area contributed by atoms with Gasteiger partial charge in [-0.25, -0.2) is 13.8 Å². The third-order valence-electron chi connectivity index (χ3n) is 8.07. The number of imidazole rings is 1. The van der Waals surface area contributed by atoms with Gasteiger partial charge >= 0.3 is 5.97 Å². The number of carbonyl (C=O) groups is 2. The van der Waals surface area contributed by atoms with Crippen molar-refractivity contribution >= 4 is 28.6 Å². The lowest BCUT2D eigenvalue weighted by Crippen LogP contribution is -2.31. The first-order valence-corrected chi connectivity index (χ1v) is 13.6. The first-order chi connectivity index (χ1) is 19.2. The van der Waals surface area contributed by atoms with Crippen LogP contribution < -0.4 is 4.90 Å². The molecule has 3 heterocycles. The number of hydrogen-bond donors (Lipinski definition) is 0. The first kappa shape index (κ1) is 26.2. The van der Waals surface area contributed by atoms with Gasteiger partial charge in [-0.1, -0.05) is 11.2 Å². The number of ether oxygens (including phenoxy) is 1. The van der Waals surface area contributed by atoms with E-state index in [-0.39, 0.29) is 30.4 Å². The molecule has 4 aromatic rings. The Hall–Kier alpha value is -4.08. The molecule has 0 bridgehead atoms. The second kappa shape index (κ2) is 10.1. The number of amides is 1. The average Bonchev–Trinajstić information content (AvgIpc) is 3.59. The van der Waals surface area contributed by atoms with E-state index < -0.39 is 17.7 Å². The number of anilines is 1. The lowest BCUT2D eigenvalue weighted by Gasteiger charge is -2.32. The summed E-state index contributed by atoms with van der Waals surface area (Å²) in [5.74, 6) is -0.989. The maximum Gasteiger partial charge on any atom is 0.302 e. The second-order valence-corrected chi connectivity index (χ2v) is 10.7. The standard InChI is InChI=1S/C30H30F2N4O4/c1-16-29(17(2)40-34-16)19-4-11-26-25(14-19)33-30(36(26)20-5-8-22(9-6-20)39-18(3)37)27-12-13-28(38)35(27)21-7-10-23(31)24(32)15-21/h4,7,10-11,14-15,20,22,27H,5-6,8-9,12-13H2,1-3H3. The number of aryl methyl sites for hydroxylation is 2. The van der Waals surface area contributed by atoms with E-state index in [0.717, 1.165) is 65.7 Å². The van der Waals surface area contributed by atoms with Crippen LogP contribution in [-0.4, -0.2) is 32.7 Å². The Balaban J connectivity index is 1.46.